The van der Waals surface area contributed by atoms with Crippen LogP contribution in [0.3, 0.4) is 0 Å². The average molecular weight is 403 g/mol. The molecule has 0 radical (unpaired) electrons. The smallest absolute Gasteiger partial charge is 0.277 e. The van der Waals surface area contributed by atoms with Crippen LogP contribution in [-0.2, 0) is 11.2 Å². The van der Waals surface area contributed by atoms with Crippen molar-refractivity contribution in [3.8, 4) is 5.75 Å². The van der Waals surface area contributed by atoms with Crippen molar-refractivity contribution in [2.75, 3.05) is 7.11 Å². The Kier molecular flexibility index (Phi) is 5.30. The minimum Gasteiger partial charge on any atom is -0.496 e. The Labute approximate surface area is 172 Å². The van der Waals surface area contributed by atoms with Crippen molar-refractivity contribution >= 4 is 11.7 Å². The van der Waals surface area contributed by atoms with Crippen LogP contribution < -0.4 is 15.6 Å². The highest BCUT2D eigenvalue weighted by molar-refractivity contribution is 5.80. The van der Waals surface area contributed by atoms with Crippen LogP contribution in [0.1, 0.15) is 28.4 Å². The number of fused-ring (bicyclic) bond motifs is 1. The number of amides is 1. The molecule has 30 heavy (non-hydrogen) atoms. The predicted octanol–water partition coefficient (Wildman–Crippen LogP) is 2.18. The maximum Gasteiger partial charge on any atom is 0.277 e. The first-order valence-corrected chi connectivity index (χ1v) is 9.47. The van der Waals surface area contributed by atoms with Gasteiger partial charge in [0.2, 0.25) is 5.91 Å². The summed E-state index contributed by atoms with van der Waals surface area (Å²) >= 11 is 0. The van der Waals surface area contributed by atoms with E-state index in [-0.39, 0.29) is 23.7 Å². The number of aryl methyl sites for hydroxylation is 1. The summed E-state index contributed by atoms with van der Waals surface area (Å²) < 4.78 is 6.73. The summed E-state index contributed by atoms with van der Waals surface area (Å²) in [5.41, 5.74) is 2.21. The van der Waals surface area contributed by atoms with Crippen LogP contribution in [0.4, 0.5) is 0 Å². The molecule has 152 valence electrons. The molecule has 4 rings (SSSR count). The van der Waals surface area contributed by atoms with Crippen molar-refractivity contribution in [1.29, 1.82) is 0 Å². The maximum absolute atomic E-state index is 13.0. The molecule has 0 saturated heterocycles. The number of methoxy groups -OCH3 is 1. The molecule has 0 aliphatic rings. The topological polar surface area (TPSA) is 101 Å². The van der Waals surface area contributed by atoms with Gasteiger partial charge in [0.25, 0.3) is 11.3 Å². The number of hydrogen-bond donors (Lipinski definition) is 2. The number of H-pyrrole nitrogens is 1. The Morgan fingerprint density at radius 3 is 2.67 bits per heavy atom. The van der Waals surface area contributed by atoms with E-state index in [2.05, 4.69) is 20.4 Å². The Morgan fingerprint density at radius 1 is 1.17 bits per heavy atom. The lowest BCUT2D eigenvalue weighted by atomic mass is 9.97. The van der Waals surface area contributed by atoms with E-state index >= 15 is 0 Å². The number of benzene rings is 2. The van der Waals surface area contributed by atoms with Gasteiger partial charge in [0.15, 0.2) is 0 Å². The molecule has 0 fully saturated rings. The molecule has 8 heteroatoms. The molecule has 0 aliphatic heterocycles. The summed E-state index contributed by atoms with van der Waals surface area (Å²) in [5.74, 6) is 0.650. The molecule has 0 unspecified atom stereocenters. The second-order valence-electron chi connectivity index (χ2n) is 6.83. The van der Waals surface area contributed by atoms with E-state index in [0.717, 1.165) is 11.1 Å². The van der Waals surface area contributed by atoms with Gasteiger partial charge < -0.3 is 10.1 Å². The number of para-hydroxylation sites is 1. The van der Waals surface area contributed by atoms with Gasteiger partial charge in [-0.2, -0.15) is 4.52 Å². The number of nitrogens with zero attached hydrogens (tertiary/aromatic N) is 3. The minimum atomic E-state index is -0.429. The Bertz CT molecular complexity index is 1250. The second-order valence-corrected chi connectivity index (χ2v) is 6.83. The second kappa shape index (κ2) is 8.20. The van der Waals surface area contributed by atoms with E-state index in [1.54, 1.807) is 14.0 Å². The van der Waals surface area contributed by atoms with Gasteiger partial charge in [-0.3, -0.25) is 14.7 Å². The zero-order valence-electron chi connectivity index (χ0n) is 16.6. The Hall–Kier alpha value is -3.94. The fourth-order valence-corrected chi connectivity index (χ4v) is 3.46. The average Bonchev–Trinajstić information content (AvgIpc) is 3.24. The summed E-state index contributed by atoms with van der Waals surface area (Å²) in [6, 6.07) is 16.7. The molecule has 1 amide bonds. The third-order valence-corrected chi connectivity index (χ3v) is 4.96. The van der Waals surface area contributed by atoms with Crippen molar-refractivity contribution in [1.82, 2.24) is 24.9 Å². The quantitative estimate of drug-likeness (QED) is 0.514. The van der Waals surface area contributed by atoms with Crippen LogP contribution in [0.5, 0.6) is 5.75 Å². The van der Waals surface area contributed by atoms with Gasteiger partial charge in [0.1, 0.15) is 12.1 Å². The van der Waals surface area contributed by atoms with Crippen molar-refractivity contribution in [3.63, 3.8) is 0 Å². The van der Waals surface area contributed by atoms with E-state index in [9.17, 15) is 9.59 Å². The minimum absolute atomic E-state index is 0.0991. The molecule has 0 spiro atoms. The number of ether oxygens (including phenoxy) is 1. The SMILES string of the molecule is COc1ccccc1[C@@H](NC(=O)Cc1c(C)nc2nc[nH]n2c1=O)c1ccccc1. The van der Waals surface area contributed by atoms with E-state index < -0.39 is 6.04 Å². The molecule has 0 saturated carbocycles. The highest BCUT2D eigenvalue weighted by Gasteiger charge is 2.22. The highest BCUT2D eigenvalue weighted by atomic mass is 16.5. The standard InChI is InChI=1S/C22H21N5O3/c1-14-17(21(29)27-22(25-14)23-13-24-27)12-19(28)26-20(15-8-4-3-5-9-15)16-10-6-7-11-18(16)30-2/h3-11,13,20H,12H2,1-2H3,(H,26,28)(H,23,24,25)/t20-/m0/s1. The number of hydrogen-bond acceptors (Lipinski definition) is 5. The largest absolute Gasteiger partial charge is 0.496 e. The normalized spacial score (nSPS) is 11.9. The van der Waals surface area contributed by atoms with Crippen molar-refractivity contribution in [2.45, 2.75) is 19.4 Å². The molecule has 2 N–H and O–H groups in total. The highest BCUT2D eigenvalue weighted by Crippen LogP contribution is 2.29. The molecule has 2 aromatic heterocycles. The Balaban J connectivity index is 1.67. The lowest BCUT2D eigenvalue weighted by molar-refractivity contribution is -0.121. The fourth-order valence-electron chi connectivity index (χ4n) is 3.46. The third-order valence-electron chi connectivity index (χ3n) is 4.96. The fraction of sp³-hybridized carbons (Fsp3) is 0.182. The molecule has 2 aromatic carbocycles. The number of aromatic amines is 1. The molecule has 2 heterocycles. The van der Waals surface area contributed by atoms with Crippen LogP contribution in [0.15, 0.2) is 65.7 Å². The summed E-state index contributed by atoms with van der Waals surface area (Å²) in [4.78, 5) is 34.0. The first kappa shape index (κ1) is 19.4. The van der Waals surface area contributed by atoms with Gasteiger partial charge in [0, 0.05) is 11.1 Å². The van der Waals surface area contributed by atoms with Gasteiger partial charge in [-0.25, -0.2) is 9.97 Å². The number of nitrogens with one attached hydrogen (secondary N) is 2. The first-order chi connectivity index (χ1) is 14.6. The Morgan fingerprint density at radius 2 is 1.90 bits per heavy atom. The van der Waals surface area contributed by atoms with Crippen LogP contribution in [-0.4, -0.2) is 32.6 Å². The van der Waals surface area contributed by atoms with Crippen molar-refractivity contribution in [2.24, 2.45) is 0 Å². The lowest BCUT2D eigenvalue weighted by Gasteiger charge is -2.22. The number of carbonyl (C=O) groups is 1. The lowest BCUT2D eigenvalue weighted by Crippen LogP contribution is -2.33. The van der Waals surface area contributed by atoms with Crippen molar-refractivity contribution in [3.05, 3.63) is 93.7 Å². The summed E-state index contributed by atoms with van der Waals surface area (Å²) in [6.07, 6.45) is 1.29. The van der Waals surface area contributed by atoms with Gasteiger partial charge in [-0.15, -0.1) is 0 Å². The monoisotopic (exact) mass is 403 g/mol. The molecular formula is C22H21N5O3. The van der Waals surface area contributed by atoms with Crippen LogP contribution in [0.2, 0.25) is 0 Å². The third kappa shape index (κ3) is 3.67. The van der Waals surface area contributed by atoms with E-state index in [0.29, 0.717) is 17.0 Å². The number of carbonyl (C=O) groups excluding carboxylic acids is 1. The van der Waals surface area contributed by atoms with Crippen LogP contribution in [0.25, 0.3) is 5.78 Å². The van der Waals surface area contributed by atoms with Crippen molar-refractivity contribution < 1.29 is 9.53 Å². The summed E-state index contributed by atoms with van der Waals surface area (Å²) in [5, 5.41) is 5.77. The maximum atomic E-state index is 13.0. The number of aromatic nitrogens is 4. The molecule has 0 aliphatic carbocycles. The summed E-state index contributed by atoms with van der Waals surface area (Å²) in [6.45, 7) is 1.70. The molecule has 1 atom stereocenters. The van der Waals surface area contributed by atoms with Gasteiger partial charge in [-0.05, 0) is 18.6 Å². The molecule has 4 aromatic rings. The van der Waals surface area contributed by atoms with E-state index in [4.69, 9.17) is 4.74 Å². The first-order valence-electron chi connectivity index (χ1n) is 9.47. The van der Waals surface area contributed by atoms with Gasteiger partial charge in [-0.1, -0.05) is 48.5 Å². The number of rotatable bonds is 6. The molecule has 0 bridgehead atoms. The molecule has 8 nitrogen and oxygen atoms in total. The predicted molar refractivity (Wildman–Crippen MR) is 111 cm³/mol. The van der Waals surface area contributed by atoms with E-state index in [1.165, 1.54) is 10.8 Å². The van der Waals surface area contributed by atoms with Crippen LogP contribution in [0, 0.1) is 6.92 Å². The van der Waals surface area contributed by atoms with Gasteiger partial charge in [0.05, 0.1) is 25.3 Å². The van der Waals surface area contributed by atoms with Crippen LogP contribution >= 0.6 is 0 Å². The molecular weight excluding hydrogens is 382 g/mol. The van der Waals surface area contributed by atoms with Gasteiger partial charge >= 0.3 is 0 Å². The summed E-state index contributed by atoms with van der Waals surface area (Å²) in [7, 11) is 1.60. The zero-order valence-corrected chi connectivity index (χ0v) is 16.6. The van der Waals surface area contributed by atoms with E-state index in [1.807, 2.05) is 54.6 Å². The zero-order chi connectivity index (χ0) is 21.1.